The topological polar surface area (TPSA) is 83.5 Å². The Morgan fingerprint density at radius 1 is 1.42 bits per heavy atom. The van der Waals surface area contributed by atoms with E-state index in [9.17, 15) is 9.90 Å². The molecule has 4 heteroatoms. The van der Waals surface area contributed by atoms with Gasteiger partial charge in [0.15, 0.2) is 0 Å². The van der Waals surface area contributed by atoms with Crippen molar-refractivity contribution in [2.45, 2.75) is 25.0 Å². The SMILES string of the molecule is NC1C2CC(O)C(C2)C1C(=O)O. The van der Waals surface area contributed by atoms with E-state index in [1.807, 2.05) is 0 Å². The lowest BCUT2D eigenvalue weighted by Crippen LogP contribution is -2.44. The number of rotatable bonds is 1. The summed E-state index contributed by atoms with van der Waals surface area (Å²) in [5, 5.41) is 18.3. The molecule has 2 bridgehead atoms. The molecule has 5 atom stereocenters. The van der Waals surface area contributed by atoms with E-state index >= 15 is 0 Å². The minimum atomic E-state index is -0.853. The molecule has 0 heterocycles. The number of hydrogen-bond donors (Lipinski definition) is 3. The quantitative estimate of drug-likeness (QED) is 0.492. The Morgan fingerprint density at radius 3 is 2.50 bits per heavy atom. The Kier molecular flexibility index (Phi) is 1.63. The van der Waals surface area contributed by atoms with E-state index in [1.165, 1.54) is 0 Å². The zero-order valence-electron chi connectivity index (χ0n) is 6.68. The molecule has 0 aromatic heterocycles. The second-order valence-electron chi connectivity index (χ2n) is 3.90. The van der Waals surface area contributed by atoms with E-state index in [2.05, 4.69) is 0 Å². The molecule has 12 heavy (non-hydrogen) atoms. The number of fused-ring (bicyclic) bond motifs is 2. The van der Waals surface area contributed by atoms with Gasteiger partial charge in [0, 0.05) is 6.04 Å². The Balaban J connectivity index is 2.20. The van der Waals surface area contributed by atoms with Gasteiger partial charge in [0.05, 0.1) is 12.0 Å². The average Bonchev–Trinajstić information content (AvgIpc) is 2.44. The number of aliphatic hydroxyl groups excluding tert-OH is 1. The number of aliphatic carboxylic acids is 1. The van der Waals surface area contributed by atoms with Crippen molar-refractivity contribution in [1.29, 1.82) is 0 Å². The third-order valence-corrected chi connectivity index (χ3v) is 3.32. The van der Waals surface area contributed by atoms with Gasteiger partial charge in [-0.1, -0.05) is 0 Å². The molecule has 0 spiro atoms. The highest BCUT2D eigenvalue weighted by Crippen LogP contribution is 2.47. The van der Waals surface area contributed by atoms with Crippen LogP contribution in [0.5, 0.6) is 0 Å². The normalized spacial score (nSPS) is 51.3. The summed E-state index contributed by atoms with van der Waals surface area (Å²) in [7, 11) is 0. The van der Waals surface area contributed by atoms with Crippen LogP contribution >= 0.6 is 0 Å². The Hall–Kier alpha value is -0.610. The Labute approximate surface area is 70.4 Å². The fraction of sp³-hybridized carbons (Fsp3) is 0.875. The van der Waals surface area contributed by atoms with Gasteiger partial charge in [0.2, 0.25) is 0 Å². The maximum atomic E-state index is 10.8. The van der Waals surface area contributed by atoms with E-state index in [4.69, 9.17) is 10.8 Å². The first-order valence-corrected chi connectivity index (χ1v) is 4.27. The molecule has 0 radical (unpaired) electrons. The van der Waals surface area contributed by atoms with Gasteiger partial charge < -0.3 is 15.9 Å². The molecular formula is C8H13NO3. The molecule has 0 saturated heterocycles. The van der Waals surface area contributed by atoms with E-state index in [1.54, 1.807) is 0 Å². The molecule has 0 aliphatic heterocycles. The monoisotopic (exact) mass is 171 g/mol. The van der Waals surface area contributed by atoms with Crippen LogP contribution in [0, 0.1) is 17.8 Å². The minimum Gasteiger partial charge on any atom is -0.481 e. The zero-order chi connectivity index (χ0) is 8.88. The zero-order valence-corrected chi connectivity index (χ0v) is 6.68. The van der Waals surface area contributed by atoms with Gasteiger partial charge in [-0.25, -0.2) is 0 Å². The molecule has 5 unspecified atom stereocenters. The first-order chi connectivity index (χ1) is 5.61. The summed E-state index contributed by atoms with van der Waals surface area (Å²) < 4.78 is 0. The highest BCUT2D eigenvalue weighted by Gasteiger charge is 2.53. The van der Waals surface area contributed by atoms with Gasteiger partial charge in [-0.05, 0) is 24.7 Å². The number of carboxylic acid groups (broad SMARTS) is 1. The molecule has 68 valence electrons. The predicted molar refractivity (Wildman–Crippen MR) is 41.3 cm³/mol. The van der Waals surface area contributed by atoms with E-state index in [0.717, 1.165) is 6.42 Å². The molecular weight excluding hydrogens is 158 g/mol. The lowest BCUT2D eigenvalue weighted by molar-refractivity contribution is -0.146. The van der Waals surface area contributed by atoms with Crippen molar-refractivity contribution in [2.75, 3.05) is 0 Å². The van der Waals surface area contributed by atoms with E-state index in [-0.39, 0.29) is 17.9 Å². The number of carbonyl (C=O) groups is 1. The third-order valence-electron chi connectivity index (χ3n) is 3.32. The number of carboxylic acids is 1. The van der Waals surface area contributed by atoms with Crippen LogP contribution < -0.4 is 5.73 Å². The summed E-state index contributed by atoms with van der Waals surface area (Å²) in [6.45, 7) is 0. The smallest absolute Gasteiger partial charge is 0.308 e. The standard InChI is InChI=1S/C8H13NO3/c9-7-3-1-4(5(10)2-3)6(7)8(11)12/h3-7,10H,1-2,9H2,(H,11,12). The summed E-state index contributed by atoms with van der Waals surface area (Å²) in [4.78, 5) is 10.8. The van der Waals surface area contributed by atoms with Crippen LogP contribution in [0.3, 0.4) is 0 Å². The lowest BCUT2D eigenvalue weighted by atomic mass is 9.83. The predicted octanol–water partition coefficient (Wildman–Crippen LogP) is -0.585. The van der Waals surface area contributed by atoms with Crippen LogP contribution in [0.1, 0.15) is 12.8 Å². The molecule has 4 N–H and O–H groups in total. The van der Waals surface area contributed by atoms with Gasteiger partial charge in [-0.15, -0.1) is 0 Å². The molecule has 2 aliphatic carbocycles. The van der Waals surface area contributed by atoms with Crippen LogP contribution in [0.2, 0.25) is 0 Å². The largest absolute Gasteiger partial charge is 0.481 e. The maximum absolute atomic E-state index is 10.8. The molecule has 2 fully saturated rings. The summed E-state index contributed by atoms with van der Waals surface area (Å²) in [6.07, 6.45) is 1.05. The van der Waals surface area contributed by atoms with Crippen LogP contribution in [0.25, 0.3) is 0 Å². The van der Waals surface area contributed by atoms with Crippen LogP contribution in [-0.4, -0.2) is 28.3 Å². The van der Waals surface area contributed by atoms with E-state index in [0.29, 0.717) is 6.42 Å². The molecule has 4 nitrogen and oxygen atoms in total. The average molecular weight is 171 g/mol. The highest BCUT2D eigenvalue weighted by molar-refractivity contribution is 5.72. The number of nitrogens with two attached hydrogens (primary N) is 1. The second kappa shape index (κ2) is 2.44. The fourth-order valence-corrected chi connectivity index (χ4v) is 2.71. The molecule has 2 saturated carbocycles. The van der Waals surface area contributed by atoms with Crippen molar-refractivity contribution in [2.24, 2.45) is 23.5 Å². The molecule has 2 aliphatic rings. The van der Waals surface area contributed by atoms with E-state index < -0.39 is 18.0 Å². The van der Waals surface area contributed by atoms with Crippen molar-refractivity contribution in [3.05, 3.63) is 0 Å². The van der Waals surface area contributed by atoms with Crippen LogP contribution in [0.15, 0.2) is 0 Å². The molecule has 0 amide bonds. The summed E-state index contributed by atoms with van der Waals surface area (Å²) >= 11 is 0. The first-order valence-electron chi connectivity index (χ1n) is 4.27. The third kappa shape index (κ3) is 0.881. The number of hydrogen-bond acceptors (Lipinski definition) is 3. The van der Waals surface area contributed by atoms with Gasteiger partial charge in [-0.2, -0.15) is 0 Å². The van der Waals surface area contributed by atoms with Gasteiger partial charge in [-0.3, -0.25) is 4.79 Å². The van der Waals surface area contributed by atoms with Crippen molar-refractivity contribution < 1.29 is 15.0 Å². The van der Waals surface area contributed by atoms with Gasteiger partial charge in [0.1, 0.15) is 0 Å². The van der Waals surface area contributed by atoms with Crippen LogP contribution in [0.4, 0.5) is 0 Å². The molecule has 2 rings (SSSR count). The maximum Gasteiger partial charge on any atom is 0.308 e. The summed E-state index contributed by atoms with van der Waals surface area (Å²) in [5.41, 5.74) is 5.74. The summed E-state index contributed by atoms with van der Waals surface area (Å²) in [6, 6.07) is -0.240. The van der Waals surface area contributed by atoms with Crippen molar-refractivity contribution in [1.82, 2.24) is 0 Å². The van der Waals surface area contributed by atoms with Crippen molar-refractivity contribution in [3.63, 3.8) is 0 Å². The molecule has 0 aromatic carbocycles. The fourth-order valence-electron chi connectivity index (χ4n) is 2.71. The summed E-state index contributed by atoms with van der Waals surface area (Å²) in [5.74, 6) is -1.24. The highest BCUT2D eigenvalue weighted by atomic mass is 16.4. The van der Waals surface area contributed by atoms with Crippen molar-refractivity contribution >= 4 is 5.97 Å². The molecule has 0 aromatic rings. The second-order valence-corrected chi connectivity index (χ2v) is 3.90. The van der Waals surface area contributed by atoms with Gasteiger partial charge in [0.25, 0.3) is 0 Å². The van der Waals surface area contributed by atoms with Crippen molar-refractivity contribution in [3.8, 4) is 0 Å². The lowest BCUT2D eigenvalue weighted by Gasteiger charge is -2.27. The Bertz CT molecular complexity index is 218. The van der Waals surface area contributed by atoms with Crippen LogP contribution in [-0.2, 0) is 4.79 Å². The number of aliphatic hydroxyl groups is 1. The minimum absolute atomic E-state index is 0.0949. The Morgan fingerprint density at radius 2 is 2.08 bits per heavy atom. The van der Waals surface area contributed by atoms with Gasteiger partial charge >= 0.3 is 5.97 Å². The first kappa shape index (κ1) is 8.01.